The molecule has 0 N–H and O–H groups in total. The summed E-state index contributed by atoms with van der Waals surface area (Å²) in [5.74, 6) is 0. The molecule has 0 unspecified atom stereocenters. The van der Waals surface area contributed by atoms with Crippen LogP contribution < -0.4 is 16.4 Å². The second kappa shape index (κ2) is 4.54. The van der Waals surface area contributed by atoms with Crippen LogP contribution in [0.15, 0.2) is 42.9 Å². The molecule has 2 aromatic heterocycles. The van der Waals surface area contributed by atoms with Gasteiger partial charge in [-0.1, -0.05) is 40.3 Å². The molecule has 3 heteroatoms. The van der Waals surface area contributed by atoms with Gasteiger partial charge in [0, 0.05) is 30.7 Å². The molecule has 23 heavy (non-hydrogen) atoms. The van der Waals surface area contributed by atoms with Crippen molar-refractivity contribution in [2.75, 3.05) is 0 Å². The molecule has 0 aliphatic carbocycles. The molecule has 0 atom stereocenters. The van der Waals surface area contributed by atoms with E-state index >= 15 is 0 Å². The number of nitrogens with zero attached hydrogens (tertiary/aromatic N) is 2. The summed E-state index contributed by atoms with van der Waals surface area (Å²) >= 11 is 0. The van der Waals surface area contributed by atoms with E-state index in [4.69, 9.17) is 4.98 Å². The standard InChI is InChI=1S/C20H17BN2/c1-12-4-3-5-14-8-15-10-22-11-16-9-17-19(13(2)6-7-23-17)21(18(12)14)20(15)16/h3-7,10-11H,8-9H2,1-2H3. The highest BCUT2D eigenvalue weighted by atomic mass is 14.7. The topological polar surface area (TPSA) is 25.8 Å². The number of hydrogen-bond donors (Lipinski definition) is 0. The van der Waals surface area contributed by atoms with Crippen LogP contribution in [-0.4, -0.2) is 16.7 Å². The Morgan fingerprint density at radius 2 is 1.61 bits per heavy atom. The zero-order valence-electron chi connectivity index (χ0n) is 13.4. The molecule has 5 rings (SSSR count). The summed E-state index contributed by atoms with van der Waals surface area (Å²) in [6.45, 7) is 4.79. The number of fused-ring (bicyclic) bond motifs is 4. The third kappa shape index (κ3) is 1.71. The Labute approximate surface area is 136 Å². The molecule has 0 fully saturated rings. The minimum Gasteiger partial charge on any atom is -0.264 e. The average molecular weight is 296 g/mol. The van der Waals surface area contributed by atoms with E-state index in [9.17, 15) is 0 Å². The highest BCUT2D eigenvalue weighted by molar-refractivity contribution is 6.97. The van der Waals surface area contributed by atoms with Crippen LogP contribution in [0.5, 0.6) is 0 Å². The molecule has 0 spiro atoms. The zero-order valence-corrected chi connectivity index (χ0v) is 13.4. The Hall–Kier alpha value is -2.42. The first-order valence-electron chi connectivity index (χ1n) is 8.22. The van der Waals surface area contributed by atoms with Crippen molar-refractivity contribution < 1.29 is 0 Å². The van der Waals surface area contributed by atoms with Gasteiger partial charge in [0.25, 0.3) is 0 Å². The van der Waals surface area contributed by atoms with Gasteiger partial charge in [0.1, 0.15) is 0 Å². The number of pyridine rings is 2. The molecule has 1 aromatic carbocycles. The van der Waals surface area contributed by atoms with Crippen LogP contribution in [0.4, 0.5) is 0 Å². The van der Waals surface area contributed by atoms with Crippen LogP contribution in [0, 0.1) is 13.8 Å². The van der Waals surface area contributed by atoms with Crippen LogP contribution in [-0.2, 0) is 12.8 Å². The Morgan fingerprint density at radius 1 is 0.826 bits per heavy atom. The van der Waals surface area contributed by atoms with Gasteiger partial charge in [0.05, 0.1) is 0 Å². The van der Waals surface area contributed by atoms with Crippen molar-refractivity contribution in [2.24, 2.45) is 0 Å². The molecule has 0 bridgehead atoms. The fraction of sp³-hybridized carbons (Fsp3) is 0.200. The number of rotatable bonds is 0. The molecule has 4 heterocycles. The van der Waals surface area contributed by atoms with E-state index in [0.717, 1.165) is 12.8 Å². The van der Waals surface area contributed by atoms with Crippen LogP contribution in [0.1, 0.15) is 33.5 Å². The first-order valence-corrected chi connectivity index (χ1v) is 8.22. The lowest BCUT2D eigenvalue weighted by atomic mass is 9.30. The monoisotopic (exact) mass is 296 g/mol. The molecule has 0 saturated carbocycles. The SMILES string of the molecule is Cc1cccc2c1B1c3c(cncc3Cc3nccc(C)c31)C2. The minimum atomic E-state index is 0.324. The third-order valence-electron chi connectivity index (χ3n) is 5.46. The zero-order chi connectivity index (χ0) is 15.6. The molecule has 110 valence electrons. The van der Waals surface area contributed by atoms with Crippen molar-refractivity contribution in [1.82, 2.24) is 9.97 Å². The maximum absolute atomic E-state index is 4.71. The molecule has 0 amide bonds. The van der Waals surface area contributed by atoms with E-state index in [1.165, 1.54) is 49.9 Å². The van der Waals surface area contributed by atoms with Crippen molar-refractivity contribution in [3.05, 3.63) is 76.4 Å². The second-order valence-electron chi connectivity index (χ2n) is 6.79. The van der Waals surface area contributed by atoms with Gasteiger partial charge >= 0.3 is 0 Å². The predicted molar refractivity (Wildman–Crippen MR) is 94.7 cm³/mol. The normalized spacial score (nSPS) is 14.1. The van der Waals surface area contributed by atoms with E-state index in [1.807, 2.05) is 12.4 Å². The van der Waals surface area contributed by atoms with Crippen molar-refractivity contribution in [1.29, 1.82) is 0 Å². The van der Waals surface area contributed by atoms with Gasteiger partial charge in [0.15, 0.2) is 0 Å². The quantitative estimate of drug-likeness (QED) is 0.404. The Kier molecular flexibility index (Phi) is 2.58. The molecular weight excluding hydrogens is 279 g/mol. The lowest BCUT2D eigenvalue weighted by Gasteiger charge is -2.34. The van der Waals surface area contributed by atoms with Crippen molar-refractivity contribution in [3.8, 4) is 0 Å². The van der Waals surface area contributed by atoms with Gasteiger partial charge in [-0.05, 0) is 48.5 Å². The molecule has 2 aliphatic heterocycles. The van der Waals surface area contributed by atoms with E-state index in [-0.39, 0.29) is 0 Å². The minimum absolute atomic E-state index is 0.324. The van der Waals surface area contributed by atoms with Crippen molar-refractivity contribution in [2.45, 2.75) is 26.7 Å². The number of hydrogen-bond acceptors (Lipinski definition) is 2. The van der Waals surface area contributed by atoms with Gasteiger partial charge in [0.2, 0.25) is 6.71 Å². The highest BCUT2D eigenvalue weighted by Gasteiger charge is 2.38. The maximum Gasteiger partial charge on any atom is 0.245 e. The molecule has 0 radical (unpaired) electrons. The summed E-state index contributed by atoms with van der Waals surface area (Å²) in [6, 6.07) is 8.84. The largest absolute Gasteiger partial charge is 0.264 e. The van der Waals surface area contributed by atoms with Gasteiger partial charge in [-0.25, -0.2) is 0 Å². The molecular formula is C20H17BN2. The molecule has 0 saturated heterocycles. The number of benzene rings is 1. The first kappa shape index (κ1) is 13.1. The summed E-state index contributed by atoms with van der Waals surface area (Å²) in [4.78, 5) is 9.21. The first-order chi connectivity index (χ1) is 11.2. The Balaban J connectivity index is 1.91. The summed E-state index contributed by atoms with van der Waals surface area (Å²) in [5, 5.41) is 0. The van der Waals surface area contributed by atoms with Gasteiger partial charge in [-0.2, -0.15) is 0 Å². The van der Waals surface area contributed by atoms with Gasteiger partial charge in [-0.15, -0.1) is 0 Å². The Morgan fingerprint density at radius 3 is 2.48 bits per heavy atom. The van der Waals surface area contributed by atoms with Crippen LogP contribution in [0.25, 0.3) is 0 Å². The summed E-state index contributed by atoms with van der Waals surface area (Å²) < 4.78 is 0. The van der Waals surface area contributed by atoms with Crippen LogP contribution in [0.2, 0.25) is 0 Å². The molecule has 3 aromatic rings. The number of aromatic nitrogens is 2. The Bertz CT molecular complexity index is 855. The average Bonchev–Trinajstić information content (AvgIpc) is 2.55. The molecule has 2 nitrogen and oxygen atoms in total. The van der Waals surface area contributed by atoms with Crippen molar-refractivity contribution in [3.63, 3.8) is 0 Å². The van der Waals surface area contributed by atoms with E-state index in [1.54, 1.807) is 0 Å². The predicted octanol–water partition coefficient (Wildman–Crippen LogP) is 1.42. The number of aryl methyl sites for hydroxylation is 2. The van der Waals surface area contributed by atoms with E-state index < -0.39 is 0 Å². The van der Waals surface area contributed by atoms with E-state index in [0.29, 0.717) is 6.71 Å². The lowest BCUT2D eigenvalue weighted by molar-refractivity contribution is 1.04. The van der Waals surface area contributed by atoms with E-state index in [2.05, 4.69) is 49.3 Å². The summed E-state index contributed by atoms with van der Waals surface area (Å²) in [5.41, 5.74) is 12.5. The highest BCUT2D eigenvalue weighted by Crippen LogP contribution is 2.22. The summed E-state index contributed by atoms with van der Waals surface area (Å²) in [6.07, 6.45) is 7.96. The fourth-order valence-corrected chi connectivity index (χ4v) is 4.50. The fourth-order valence-electron chi connectivity index (χ4n) is 4.50. The van der Waals surface area contributed by atoms with Gasteiger partial charge < -0.3 is 0 Å². The van der Waals surface area contributed by atoms with Crippen LogP contribution >= 0.6 is 0 Å². The lowest BCUT2D eigenvalue weighted by Crippen LogP contribution is -2.62. The molecule has 2 aliphatic rings. The van der Waals surface area contributed by atoms with Gasteiger partial charge in [-0.3, -0.25) is 9.97 Å². The van der Waals surface area contributed by atoms with Crippen molar-refractivity contribution >= 4 is 23.1 Å². The summed E-state index contributed by atoms with van der Waals surface area (Å²) in [7, 11) is 0. The maximum atomic E-state index is 4.71. The smallest absolute Gasteiger partial charge is 0.245 e. The second-order valence-corrected chi connectivity index (χ2v) is 6.79. The third-order valence-corrected chi connectivity index (χ3v) is 5.46. The van der Waals surface area contributed by atoms with Crippen LogP contribution in [0.3, 0.4) is 0 Å².